The number of rotatable bonds is 5. The van der Waals surface area contributed by atoms with Gasteiger partial charge in [-0.25, -0.2) is 0 Å². The van der Waals surface area contributed by atoms with E-state index in [0.717, 1.165) is 16.3 Å². The molecule has 1 fully saturated rings. The van der Waals surface area contributed by atoms with E-state index in [1.54, 1.807) is 18.2 Å². The van der Waals surface area contributed by atoms with Gasteiger partial charge < -0.3 is 9.64 Å². The Bertz CT molecular complexity index is 1190. The molecule has 32 heavy (non-hydrogen) atoms. The number of benzene rings is 3. The van der Waals surface area contributed by atoms with Gasteiger partial charge in [0.15, 0.2) is 0 Å². The van der Waals surface area contributed by atoms with Gasteiger partial charge in [0.25, 0.3) is 0 Å². The second kappa shape index (κ2) is 9.28. The first kappa shape index (κ1) is 21.6. The average molecular weight is 452 g/mol. The highest BCUT2D eigenvalue weighted by Crippen LogP contribution is 2.35. The molecule has 1 aliphatic heterocycles. The van der Waals surface area contributed by atoms with Gasteiger partial charge in [-0.05, 0) is 34.5 Å². The first-order valence-corrected chi connectivity index (χ1v) is 10.5. The van der Waals surface area contributed by atoms with Crippen molar-refractivity contribution in [2.45, 2.75) is 12.8 Å². The summed E-state index contributed by atoms with van der Waals surface area (Å²) >= 11 is 6.07. The van der Waals surface area contributed by atoms with E-state index in [4.69, 9.17) is 16.3 Å². The van der Waals surface area contributed by atoms with E-state index in [2.05, 4.69) is 10.9 Å². The third-order valence-corrected chi connectivity index (χ3v) is 5.72. The number of ether oxygens (including phenoxy) is 1. The molecule has 1 atom stereocenters. The number of methoxy groups -OCH3 is 1. The molecule has 1 saturated heterocycles. The maximum Gasteiger partial charge on any atom is 0.243 e. The molecule has 1 unspecified atom stereocenters. The number of anilines is 1. The minimum atomic E-state index is -0.607. The summed E-state index contributed by atoms with van der Waals surface area (Å²) in [4.78, 5) is 39.0. The molecule has 0 aromatic heterocycles. The lowest BCUT2D eigenvalue weighted by atomic mass is 10.0. The third-order valence-electron chi connectivity index (χ3n) is 5.48. The van der Waals surface area contributed by atoms with Crippen molar-refractivity contribution in [3.05, 3.63) is 71.2 Å². The summed E-state index contributed by atoms with van der Waals surface area (Å²) in [5, 5.41) is 2.49. The number of carbonyl (C=O) groups excluding carboxylic acids is 3. The SMILES string of the molecule is COc1ccc(Cl)cc1N1CC(C(=O)NNC(=O)Cc2cccc3ccccc23)CC1=O. The van der Waals surface area contributed by atoms with E-state index in [1.165, 1.54) is 12.0 Å². The largest absolute Gasteiger partial charge is 0.495 e. The molecule has 8 heteroatoms. The molecule has 4 rings (SSSR count). The molecule has 1 aliphatic rings. The van der Waals surface area contributed by atoms with E-state index in [-0.39, 0.29) is 31.2 Å². The van der Waals surface area contributed by atoms with Crippen molar-refractivity contribution in [2.24, 2.45) is 5.92 Å². The van der Waals surface area contributed by atoms with Crippen LogP contribution < -0.4 is 20.5 Å². The lowest BCUT2D eigenvalue weighted by Gasteiger charge is -2.20. The van der Waals surface area contributed by atoms with Crippen LogP contribution >= 0.6 is 11.6 Å². The van der Waals surface area contributed by atoms with Crippen LogP contribution in [0.15, 0.2) is 60.7 Å². The second-order valence-corrected chi connectivity index (χ2v) is 8.01. The summed E-state index contributed by atoms with van der Waals surface area (Å²) in [7, 11) is 1.50. The Kier molecular flexibility index (Phi) is 6.28. The highest BCUT2D eigenvalue weighted by Gasteiger charge is 2.36. The van der Waals surface area contributed by atoms with Crippen LogP contribution in [0.4, 0.5) is 5.69 Å². The van der Waals surface area contributed by atoms with Gasteiger partial charge in [0.05, 0.1) is 25.1 Å². The number of hydrazine groups is 1. The Balaban J connectivity index is 1.37. The Morgan fingerprint density at radius 3 is 2.69 bits per heavy atom. The molecule has 0 saturated carbocycles. The van der Waals surface area contributed by atoms with Gasteiger partial charge in [-0.15, -0.1) is 0 Å². The highest BCUT2D eigenvalue weighted by molar-refractivity contribution is 6.31. The summed E-state index contributed by atoms with van der Waals surface area (Å²) in [6, 6.07) is 18.5. The van der Waals surface area contributed by atoms with E-state index >= 15 is 0 Å². The lowest BCUT2D eigenvalue weighted by molar-refractivity contribution is -0.131. The molecule has 0 spiro atoms. The summed E-state index contributed by atoms with van der Waals surface area (Å²) in [5.74, 6) is -1.09. The summed E-state index contributed by atoms with van der Waals surface area (Å²) in [6.45, 7) is 0.167. The predicted molar refractivity (Wildman–Crippen MR) is 122 cm³/mol. The van der Waals surface area contributed by atoms with E-state index in [9.17, 15) is 14.4 Å². The Labute approximate surface area is 190 Å². The normalized spacial score (nSPS) is 15.6. The van der Waals surface area contributed by atoms with Crippen LogP contribution in [0.2, 0.25) is 5.02 Å². The zero-order valence-corrected chi connectivity index (χ0v) is 18.2. The van der Waals surface area contributed by atoms with E-state index in [0.29, 0.717) is 16.5 Å². The number of amides is 3. The molecule has 164 valence electrons. The predicted octanol–water partition coefficient (Wildman–Crippen LogP) is 3.24. The number of hydrogen-bond donors (Lipinski definition) is 2. The van der Waals surface area contributed by atoms with Crippen LogP contribution in [0.3, 0.4) is 0 Å². The van der Waals surface area contributed by atoms with Gasteiger partial charge in [-0.2, -0.15) is 0 Å². The van der Waals surface area contributed by atoms with Crippen molar-refractivity contribution in [3.8, 4) is 5.75 Å². The van der Waals surface area contributed by atoms with Crippen molar-refractivity contribution in [1.29, 1.82) is 0 Å². The zero-order chi connectivity index (χ0) is 22.7. The number of hydrogen-bond acceptors (Lipinski definition) is 4. The van der Waals surface area contributed by atoms with Gasteiger partial charge >= 0.3 is 0 Å². The molecule has 3 amide bonds. The first-order valence-electron chi connectivity index (χ1n) is 10.2. The number of fused-ring (bicyclic) bond motifs is 1. The van der Waals surface area contributed by atoms with Crippen molar-refractivity contribution >= 4 is 45.8 Å². The maximum absolute atomic E-state index is 12.6. The van der Waals surface area contributed by atoms with Crippen molar-refractivity contribution in [3.63, 3.8) is 0 Å². The Morgan fingerprint density at radius 1 is 1.09 bits per heavy atom. The molecule has 0 bridgehead atoms. The summed E-state index contributed by atoms with van der Waals surface area (Å²) < 4.78 is 5.31. The van der Waals surface area contributed by atoms with E-state index in [1.807, 2.05) is 42.5 Å². The minimum Gasteiger partial charge on any atom is -0.495 e. The third kappa shape index (κ3) is 4.53. The highest BCUT2D eigenvalue weighted by atomic mass is 35.5. The lowest BCUT2D eigenvalue weighted by Crippen LogP contribution is -2.45. The van der Waals surface area contributed by atoms with E-state index < -0.39 is 11.8 Å². The Morgan fingerprint density at radius 2 is 1.88 bits per heavy atom. The number of nitrogens with zero attached hydrogens (tertiary/aromatic N) is 1. The van der Waals surface area contributed by atoms with Crippen molar-refractivity contribution in [2.75, 3.05) is 18.6 Å². The van der Waals surface area contributed by atoms with Crippen LogP contribution in [-0.2, 0) is 20.8 Å². The topological polar surface area (TPSA) is 87.7 Å². The summed E-state index contributed by atoms with van der Waals surface area (Å²) in [5.41, 5.74) is 6.29. The molecule has 0 radical (unpaired) electrons. The fourth-order valence-electron chi connectivity index (χ4n) is 3.89. The number of carbonyl (C=O) groups is 3. The van der Waals surface area contributed by atoms with Crippen LogP contribution in [0.1, 0.15) is 12.0 Å². The second-order valence-electron chi connectivity index (χ2n) is 7.57. The van der Waals surface area contributed by atoms with Crippen LogP contribution in [0.25, 0.3) is 10.8 Å². The van der Waals surface area contributed by atoms with Crippen LogP contribution in [-0.4, -0.2) is 31.4 Å². The fourth-order valence-corrected chi connectivity index (χ4v) is 4.05. The smallest absolute Gasteiger partial charge is 0.243 e. The van der Waals surface area contributed by atoms with Crippen LogP contribution in [0, 0.1) is 5.92 Å². The minimum absolute atomic E-state index is 0.0285. The molecule has 7 nitrogen and oxygen atoms in total. The van der Waals surface area contributed by atoms with Gasteiger partial charge in [0.1, 0.15) is 5.75 Å². The van der Waals surface area contributed by atoms with Gasteiger partial charge in [0.2, 0.25) is 17.7 Å². The molecular formula is C24H22ClN3O4. The monoisotopic (exact) mass is 451 g/mol. The first-order chi connectivity index (χ1) is 15.5. The quantitative estimate of drug-likeness (QED) is 0.583. The molecule has 3 aromatic rings. The Hall–Kier alpha value is -3.58. The fraction of sp³-hybridized carbons (Fsp3) is 0.208. The maximum atomic E-state index is 12.6. The average Bonchev–Trinajstić information content (AvgIpc) is 3.19. The molecule has 1 heterocycles. The van der Waals surface area contributed by atoms with Gasteiger partial charge in [-0.3, -0.25) is 25.2 Å². The number of nitrogens with one attached hydrogen (secondary N) is 2. The molecule has 0 aliphatic carbocycles. The zero-order valence-electron chi connectivity index (χ0n) is 17.4. The summed E-state index contributed by atoms with van der Waals surface area (Å²) in [6.07, 6.45) is 0.151. The number of halogens is 1. The molecular weight excluding hydrogens is 430 g/mol. The molecule has 3 aromatic carbocycles. The molecule has 2 N–H and O–H groups in total. The standard InChI is InChI=1S/C24H22ClN3O4/c1-32-21-10-9-18(25)13-20(21)28-14-17(12-23(28)30)24(31)27-26-22(29)11-16-7-4-6-15-5-2-3-8-19(15)16/h2-10,13,17H,11-12,14H2,1H3,(H,26,29)(H,27,31). The van der Waals surface area contributed by atoms with Gasteiger partial charge in [0, 0.05) is 18.0 Å². The van der Waals surface area contributed by atoms with Crippen LogP contribution in [0.5, 0.6) is 5.75 Å². The van der Waals surface area contributed by atoms with Crippen molar-refractivity contribution in [1.82, 2.24) is 10.9 Å². The van der Waals surface area contributed by atoms with Crippen molar-refractivity contribution < 1.29 is 19.1 Å². The van der Waals surface area contributed by atoms with Gasteiger partial charge in [-0.1, -0.05) is 54.1 Å².